The molecule has 2 aromatic carbocycles. The van der Waals surface area contributed by atoms with E-state index in [9.17, 15) is 29.1 Å². The molecule has 0 saturated carbocycles. The standard InChI is InChI=1S/C24H25N7O8/c1-12(32)19(30(15-5-3-2-4-6-15)20(35)16(25)11-17(33)34)22(37)39-31-21(36)18(29-24(31)38)13-7-9-14(10-8-13)28-23(26)27/h2-10,16,19,36H,11,25H2,1H3,(H,29,38)(H,33,34)(H4,26,27,28)/t16-,19-/m0/s1. The zero-order valence-corrected chi connectivity index (χ0v) is 20.5. The van der Waals surface area contributed by atoms with Gasteiger partial charge in [-0.05, 0) is 31.2 Å². The Hall–Kier alpha value is -5.44. The van der Waals surface area contributed by atoms with E-state index in [0.717, 1.165) is 6.92 Å². The lowest BCUT2D eigenvalue weighted by Crippen LogP contribution is -2.57. The van der Waals surface area contributed by atoms with Crippen LogP contribution in [0.3, 0.4) is 0 Å². The number of ketones is 1. The number of imidazole rings is 1. The Bertz CT molecular complexity index is 1470. The summed E-state index contributed by atoms with van der Waals surface area (Å²) >= 11 is 0. The molecule has 0 bridgehead atoms. The number of nitrogens with one attached hydrogen (secondary N) is 1. The third kappa shape index (κ3) is 6.47. The number of nitrogens with two attached hydrogens (primary N) is 3. The fourth-order valence-corrected chi connectivity index (χ4v) is 3.59. The number of aliphatic imine (C=N–C) groups is 1. The molecule has 9 N–H and O–H groups in total. The molecule has 15 heteroatoms. The van der Waals surface area contributed by atoms with E-state index in [1.165, 1.54) is 48.5 Å². The smallest absolute Gasteiger partial charge is 0.363 e. The summed E-state index contributed by atoms with van der Waals surface area (Å²) in [6, 6.07) is 9.72. The summed E-state index contributed by atoms with van der Waals surface area (Å²) in [4.78, 5) is 74.5. The number of carboxylic acid groups (broad SMARTS) is 1. The number of carbonyl (C=O) groups is 4. The number of aromatic hydroxyl groups is 1. The Balaban J connectivity index is 1.98. The van der Waals surface area contributed by atoms with Crippen molar-refractivity contribution in [3.05, 3.63) is 65.1 Å². The second-order valence-corrected chi connectivity index (χ2v) is 8.18. The molecule has 39 heavy (non-hydrogen) atoms. The van der Waals surface area contributed by atoms with Gasteiger partial charge in [-0.2, -0.15) is 0 Å². The van der Waals surface area contributed by atoms with Crippen molar-refractivity contribution >= 4 is 41.0 Å². The van der Waals surface area contributed by atoms with Crippen LogP contribution in [-0.4, -0.2) is 61.6 Å². The molecule has 15 nitrogen and oxygen atoms in total. The molecule has 0 saturated heterocycles. The van der Waals surface area contributed by atoms with Gasteiger partial charge in [0, 0.05) is 11.3 Å². The number of H-pyrrole nitrogens is 1. The third-order valence-corrected chi connectivity index (χ3v) is 5.28. The lowest BCUT2D eigenvalue weighted by atomic mass is 10.1. The molecule has 204 valence electrons. The quantitative estimate of drug-likeness (QED) is 0.106. The molecule has 0 aliphatic rings. The summed E-state index contributed by atoms with van der Waals surface area (Å²) in [5.74, 6) is -5.75. The molecule has 1 aromatic heterocycles. The maximum Gasteiger partial charge on any atom is 0.363 e. The van der Waals surface area contributed by atoms with Crippen molar-refractivity contribution in [2.24, 2.45) is 22.2 Å². The molecule has 1 heterocycles. The van der Waals surface area contributed by atoms with E-state index >= 15 is 0 Å². The van der Waals surface area contributed by atoms with Crippen LogP contribution in [0.15, 0.2) is 64.4 Å². The number of benzene rings is 2. The monoisotopic (exact) mass is 539 g/mol. The highest BCUT2D eigenvalue weighted by Crippen LogP contribution is 2.27. The first kappa shape index (κ1) is 28.1. The molecule has 0 aliphatic heterocycles. The van der Waals surface area contributed by atoms with Crippen molar-refractivity contribution in [2.45, 2.75) is 25.4 Å². The second kappa shape index (κ2) is 11.7. The lowest BCUT2D eigenvalue weighted by molar-refractivity contribution is -0.150. The van der Waals surface area contributed by atoms with Crippen molar-refractivity contribution in [1.82, 2.24) is 9.71 Å². The van der Waals surface area contributed by atoms with E-state index in [4.69, 9.17) is 27.1 Å². The summed E-state index contributed by atoms with van der Waals surface area (Å²) in [5, 5.41) is 19.7. The van der Waals surface area contributed by atoms with Gasteiger partial charge in [0.15, 0.2) is 17.8 Å². The molecule has 3 aromatic rings. The summed E-state index contributed by atoms with van der Waals surface area (Å²) in [6.07, 6.45) is -0.786. The molecule has 2 atom stereocenters. The number of nitrogens with zero attached hydrogens (tertiary/aromatic N) is 3. The second-order valence-electron chi connectivity index (χ2n) is 8.18. The van der Waals surface area contributed by atoms with Gasteiger partial charge in [-0.3, -0.25) is 24.3 Å². The number of aliphatic carboxylic acids is 1. The minimum Gasteiger partial charge on any atom is -0.491 e. The van der Waals surface area contributed by atoms with E-state index in [-0.39, 0.29) is 27.6 Å². The number of amides is 1. The third-order valence-electron chi connectivity index (χ3n) is 5.28. The molecule has 1 amide bonds. The number of aromatic nitrogens is 2. The summed E-state index contributed by atoms with van der Waals surface area (Å²) < 4.78 is 0.211. The predicted molar refractivity (Wildman–Crippen MR) is 138 cm³/mol. The SMILES string of the molecule is CC(=O)[C@@H](C(=O)On1c(O)c(-c2ccc(N=C(N)N)cc2)[nH]c1=O)N(C(=O)[C@@H](N)CC(=O)O)c1ccccc1. The van der Waals surface area contributed by atoms with Crippen molar-refractivity contribution in [2.75, 3.05) is 4.90 Å². The normalized spacial score (nSPS) is 12.2. The van der Waals surface area contributed by atoms with E-state index in [0.29, 0.717) is 10.6 Å². The Morgan fingerprint density at radius 2 is 1.69 bits per heavy atom. The molecule has 3 rings (SSSR count). The molecular weight excluding hydrogens is 514 g/mol. The van der Waals surface area contributed by atoms with Gasteiger partial charge in [0.25, 0.3) is 5.88 Å². The van der Waals surface area contributed by atoms with E-state index in [1.807, 2.05) is 0 Å². The van der Waals surface area contributed by atoms with Gasteiger partial charge < -0.3 is 32.3 Å². The highest BCUT2D eigenvalue weighted by atomic mass is 16.7. The molecule has 0 fully saturated rings. The van der Waals surface area contributed by atoms with Gasteiger partial charge in [0.2, 0.25) is 5.91 Å². The van der Waals surface area contributed by atoms with Gasteiger partial charge in [-0.1, -0.05) is 35.1 Å². The van der Waals surface area contributed by atoms with Gasteiger partial charge >= 0.3 is 17.6 Å². The maximum atomic E-state index is 13.2. The number of aromatic amines is 1. The highest BCUT2D eigenvalue weighted by molar-refractivity contribution is 6.13. The fraction of sp³-hybridized carbons (Fsp3) is 0.167. The number of anilines is 1. The summed E-state index contributed by atoms with van der Waals surface area (Å²) in [5.41, 5.74) is 15.9. The molecule has 0 radical (unpaired) electrons. The number of para-hydroxylation sites is 1. The van der Waals surface area contributed by atoms with Gasteiger partial charge in [-0.25, -0.2) is 14.6 Å². The minimum atomic E-state index is -1.98. The average molecular weight is 540 g/mol. The van der Waals surface area contributed by atoms with Crippen LogP contribution in [0.2, 0.25) is 0 Å². The Morgan fingerprint density at radius 3 is 2.23 bits per heavy atom. The zero-order chi connectivity index (χ0) is 28.9. The van der Waals surface area contributed by atoms with Crippen molar-refractivity contribution in [1.29, 1.82) is 0 Å². The number of hydrogen-bond donors (Lipinski definition) is 6. The van der Waals surface area contributed by atoms with Crippen LogP contribution in [0.1, 0.15) is 13.3 Å². The molecule has 0 spiro atoms. The van der Waals surface area contributed by atoms with E-state index in [1.54, 1.807) is 6.07 Å². The first-order valence-electron chi connectivity index (χ1n) is 11.2. The highest BCUT2D eigenvalue weighted by Gasteiger charge is 2.39. The van der Waals surface area contributed by atoms with Gasteiger partial charge in [-0.15, -0.1) is 0 Å². The van der Waals surface area contributed by atoms with Crippen LogP contribution in [0.5, 0.6) is 5.88 Å². The Labute approximate surface area is 220 Å². The van der Waals surface area contributed by atoms with Crippen LogP contribution in [-0.2, 0) is 19.2 Å². The first-order chi connectivity index (χ1) is 18.4. The average Bonchev–Trinajstić information content (AvgIpc) is 3.15. The number of hydrogen-bond acceptors (Lipinski definition) is 9. The Morgan fingerprint density at radius 1 is 1.08 bits per heavy atom. The van der Waals surface area contributed by atoms with Crippen molar-refractivity contribution < 1.29 is 34.2 Å². The summed E-state index contributed by atoms with van der Waals surface area (Å²) in [7, 11) is 0. The number of guanidine groups is 1. The molecule has 0 unspecified atom stereocenters. The van der Waals surface area contributed by atoms with Crippen LogP contribution >= 0.6 is 0 Å². The van der Waals surface area contributed by atoms with Crippen LogP contribution < -0.4 is 32.6 Å². The largest absolute Gasteiger partial charge is 0.491 e. The van der Waals surface area contributed by atoms with Gasteiger partial charge in [0.1, 0.15) is 5.69 Å². The van der Waals surface area contributed by atoms with Crippen LogP contribution in [0, 0.1) is 0 Å². The lowest BCUT2D eigenvalue weighted by Gasteiger charge is -2.30. The maximum absolute atomic E-state index is 13.2. The predicted octanol–water partition coefficient (Wildman–Crippen LogP) is -0.798. The number of rotatable bonds is 10. The fourth-order valence-electron chi connectivity index (χ4n) is 3.59. The van der Waals surface area contributed by atoms with Crippen molar-refractivity contribution in [3.63, 3.8) is 0 Å². The van der Waals surface area contributed by atoms with E-state index in [2.05, 4.69) is 9.98 Å². The minimum absolute atomic E-state index is 0.0349. The van der Waals surface area contributed by atoms with E-state index < -0.39 is 53.7 Å². The number of Topliss-reactive ketones (excluding diaryl/α,β-unsaturated/α-hetero) is 1. The van der Waals surface area contributed by atoms with Gasteiger partial charge in [0.05, 0.1) is 18.2 Å². The van der Waals surface area contributed by atoms with Crippen LogP contribution in [0.4, 0.5) is 11.4 Å². The Kier molecular flexibility index (Phi) is 8.47. The van der Waals surface area contributed by atoms with Crippen molar-refractivity contribution in [3.8, 4) is 17.1 Å². The molecule has 0 aliphatic carbocycles. The van der Waals surface area contributed by atoms with Crippen LogP contribution in [0.25, 0.3) is 11.3 Å². The molecular formula is C24H25N7O8. The topological polar surface area (TPSA) is 249 Å². The first-order valence-corrected chi connectivity index (χ1v) is 11.2. The summed E-state index contributed by atoms with van der Waals surface area (Å²) in [6.45, 7) is 0.987. The number of carboxylic acids is 1. The number of carbonyl (C=O) groups excluding carboxylic acids is 3. The zero-order valence-electron chi connectivity index (χ0n) is 20.5.